The first-order valence-electron chi connectivity index (χ1n) is 9.67. The molecule has 28 heavy (non-hydrogen) atoms. The summed E-state index contributed by atoms with van der Waals surface area (Å²) in [5, 5.41) is 9.35. The van der Waals surface area contributed by atoms with Crippen LogP contribution in [0.15, 0.2) is 48.8 Å². The molecule has 2 heterocycles. The first-order chi connectivity index (χ1) is 13.7. The number of aromatic carboxylic acids is 1. The third kappa shape index (κ3) is 2.81. The predicted molar refractivity (Wildman–Crippen MR) is 107 cm³/mol. The van der Waals surface area contributed by atoms with E-state index in [9.17, 15) is 9.90 Å². The van der Waals surface area contributed by atoms with E-state index in [2.05, 4.69) is 14.5 Å². The van der Waals surface area contributed by atoms with E-state index < -0.39 is 5.97 Å². The highest BCUT2D eigenvalue weighted by molar-refractivity contribution is 5.93. The lowest BCUT2D eigenvalue weighted by atomic mass is 9.94. The van der Waals surface area contributed by atoms with E-state index in [4.69, 9.17) is 4.98 Å². The number of imidazole rings is 1. The third-order valence-electron chi connectivity index (χ3n) is 5.60. The molecule has 1 fully saturated rings. The van der Waals surface area contributed by atoms with E-state index in [0.29, 0.717) is 6.04 Å². The zero-order chi connectivity index (χ0) is 19.1. The minimum absolute atomic E-state index is 0.261. The van der Waals surface area contributed by atoms with Gasteiger partial charge in [-0.05, 0) is 49.2 Å². The van der Waals surface area contributed by atoms with Gasteiger partial charge in [0, 0.05) is 24.0 Å². The Morgan fingerprint density at radius 3 is 2.50 bits per heavy atom. The summed E-state index contributed by atoms with van der Waals surface area (Å²) < 4.78 is 2.30. The van der Waals surface area contributed by atoms with Crippen LogP contribution in [0.2, 0.25) is 0 Å². The van der Waals surface area contributed by atoms with Gasteiger partial charge in [0.15, 0.2) is 0 Å². The van der Waals surface area contributed by atoms with Crippen LogP contribution in [0.5, 0.6) is 0 Å². The van der Waals surface area contributed by atoms with Crippen LogP contribution >= 0.6 is 0 Å². The van der Waals surface area contributed by atoms with Gasteiger partial charge < -0.3 is 9.67 Å². The van der Waals surface area contributed by atoms with Gasteiger partial charge in [-0.1, -0.05) is 19.3 Å². The van der Waals surface area contributed by atoms with Crippen LogP contribution < -0.4 is 0 Å². The zero-order valence-electron chi connectivity index (χ0n) is 15.4. The Balaban J connectivity index is 1.73. The summed E-state index contributed by atoms with van der Waals surface area (Å²) in [6, 6.07) is 11.6. The summed E-state index contributed by atoms with van der Waals surface area (Å²) in [7, 11) is 0. The Morgan fingerprint density at radius 1 is 0.929 bits per heavy atom. The molecular weight excluding hydrogens is 352 g/mol. The molecular formula is C22H20N4O2. The predicted octanol–water partition coefficient (Wildman–Crippen LogP) is 4.85. The monoisotopic (exact) mass is 372 g/mol. The van der Waals surface area contributed by atoms with E-state index in [1.165, 1.54) is 19.3 Å². The molecule has 0 saturated heterocycles. The van der Waals surface area contributed by atoms with Crippen molar-refractivity contribution in [2.75, 3.05) is 0 Å². The number of aromatic nitrogens is 4. The molecule has 6 heteroatoms. The second-order valence-corrected chi connectivity index (χ2v) is 7.37. The molecule has 1 saturated carbocycles. The highest BCUT2D eigenvalue weighted by Gasteiger charge is 2.23. The first-order valence-corrected chi connectivity index (χ1v) is 9.67. The fourth-order valence-corrected chi connectivity index (χ4v) is 4.25. The summed E-state index contributed by atoms with van der Waals surface area (Å²) in [5.74, 6) is -0.0614. The third-order valence-corrected chi connectivity index (χ3v) is 5.60. The van der Waals surface area contributed by atoms with Crippen LogP contribution in [0.25, 0.3) is 33.5 Å². The standard InChI is InChI=1S/C22H20N4O2/c27-22(28)15-7-9-20-19(13-15)25-21(26(20)16-4-2-1-3-5-16)14-6-8-17-18(12-14)24-11-10-23-17/h6-13,16H,1-5H2,(H,27,28). The fourth-order valence-electron chi connectivity index (χ4n) is 4.25. The molecule has 1 N–H and O–H groups in total. The summed E-state index contributed by atoms with van der Waals surface area (Å²) in [6.07, 6.45) is 9.30. The number of carboxylic acids is 1. The number of carboxylic acid groups (broad SMARTS) is 1. The van der Waals surface area contributed by atoms with Crippen molar-refractivity contribution in [3.63, 3.8) is 0 Å². The molecule has 0 unspecified atom stereocenters. The first kappa shape index (κ1) is 16.9. The van der Waals surface area contributed by atoms with Gasteiger partial charge in [-0.3, -0.25) is 9.97 Å². The average molecular weight is 372 g/mol. The van der Waals surface area contributed by atoms with Crippen molar-refractivity contribution >= 4 is 28.0 Å². The van der Waals surface area contributed by atoms with Gasteiger partial charge in [-0.25, -0.2) is 9.78 Å². The maximum Gasteiger partial charge on any atom is 0.335 e. The summed E-state index contributed by atoms with van der Waals surface area (Å²) >= 11 is 0. The number of benzene rings is 2. The van der Waals surface area contributed by atoms with Gasteiger partial charge in [0.1, 0.15) is 5.82 Å². The SMILES string of the molecule is O=C(O)c1ccc2c(c1)nc(-c1ccc3nccnc3c1)n2C1CCCCC1. The second kappa shape index (κ2) is 6.71. The molecule has 0 spiro atoms. The van der Waals surface area contributed by atoms with Gasteiger partial charge in [-0.15, -0.1) is 0 Å². The molecule has 0 bridgehead atoms. The van der Waals surface area contributed by atoms with E-state index in [1.807, 2.05) is 24.3 Å². The van der Waals surface area contributed by atoms with Gasteiger partial charge in [-0.2, -0.15) is 0 Å². The fraction of sp³-hybridized carbons (Fsp3) is 0.273. The van der Waals surface area contributed by atoms with Gasteiger partial charge in [0.2, 0.25) is 0 Å². The molecule has 0 radical (unpaired) electrons. The summed E-state index contributed by atoms with van der Waals surface area (Å²) in [5.41, 5.74) is 4.63. The van der Waals surface area contributed by atoms with Gasteiger partial charge in [0.05, 0.1) is 27.6 Å². The molecule has 4 aromatic rings. The number of fused-ring (bicyclic) bond motifs is 2. The average Bonchev–Trinajstić information content (AvgIpc) is 3.12. The molecule has 140 valence electrons. The normalized spacial score (nSPS) is 15.3. The number of carbonyl (C=O) groups is 1. The molecule has 0 amide bonds. The van der Waals surface area contributed by atoms with Crippen molar-refractivity contribution in [1.82, 2.24) is 19.5 Å². The van der Waals surface area contributed by atoms with Crippen LogP contribution in [0.1, 0.15) is 48.5 Å². The topological polar surface area (TPSA) is 80.9 Å². The molecule has 2 aromatic heterocycles. The van der Waals surface area contributed by atoms with E-state index in [0.717, 1.165) is 46.3 Å². The number of hydrogen-bond donors (Lipinski definition) is 1. The van der Waals surface area contributed by atoms with Crippen LogP contribution in [-0.4, -0.2) is 30.6 Å². The maximum absolute atomic E-state index is 11.4. The Hall–Kier alpha value is -3.28. The lowest BCUT2D eigenvalue weighted by molar-refractivity contribution is 0.0697. The highest BCUT2D eigenvalue weighted by atomic mass is 16.4. The van der Waals surface area contributed by atoms with E-state index >= 15 is 0 Å². The van der Waals surface area contributed by atoms with Crippen molar-refractivity contribution < 1.29 is 9.90 Å². The Morgan fingerprint density at radius 2 is 1.71 bits per heavy atom. The maximum atomic E-state index is 11.4. The van der Waals surface area contributed by atoms with Crippen LogP contribution in [0, 0.1) is 0 Å². The highest BCUT2D eigenvalue weighted by Crippen LogP contribution is 2.36. The smallest absolute Gasteiger partial charge is 0.335 e. The largest absolute Gasteiger partial charge is 0.478 e. The summed E-state index contributed by atoms with van der Waals surface area (Å²) in [6.45, 7) is 0. The Labute approximate surface area is 161 Å². The van der Waals surface area contributed by atoms with Crippen LogP contribution in [-0.2, 0) is 0 Å². The van der Waals surface area contributed by atoms with Crippen LogP contribution in [0.4, 0.5) is 0 Å². The lowest BCUT2D eigenvalue weighted by Gasteiger charge is -2.25. The minimum atomic E-state index is -0.934. The lowest BCUT2D eigenvalue weighted by Crippen LogP contribution is -2.14. The molecule has 0 aliphatic heterocycles. The van der Waals surface area contributed by atoms with Crippen molar-refractivity contribution in [3.05, 3.63) is 54.4 Å². The molecule has 2 aromatic carbocycles. The van der Waals surface area contributed by atoms with Crippen molar-refractivity contribution in [3.8, 4) is 11.4 Å². The molecule has 5 rings (SSSR count). The van der Waals surface area contributed by atoms with E-state index in [1.54, 1.807) is 24.5 Å². The van der Waals surface area contributed by atoms with E-state index in [-0.39, 0.29) is 5.56 Å². The quantitative estimate of drug-likeness (QED) is 0.556. The minimum Gasteiger partial charge on any atom is -0.478 e. The van der Waals surface area contributed by atoms with Gasteiger partial charge in [0.25, 0.3) is 0 Å². The number of hydrogen-bond acceptors (Lipinski definition) is 4. The number of rotatable bonds is 3. The van der Waals surface area contributed by atoms with Gasteiger partial charge >= 0.3 is 5.97 Å². The van der Waals surface area contributed by atoms with Crippen molar-refractivity contribution in [2.45, 2.75) is 38.1 Å². The van der Waals surface area contributed by atoms with Crippen LogP contribution in [0.3, 0.4) is 0 Å². The molecule has 1 aliphatic carbocycles. The second-order valence-electron chi connectivity index (χ2n) is 7.37. The number of nitrogens with zero attached hydrogens (tertiary/aromatic N) is 4. The van der Waals surface area contributed by atoms with Crippen molar-refractivity contribution in [1.29, 1.82) is 0 Å². The molecule has 6 nitrogen and oxygen atoms in total. The molecule has 1 aliphatic rings. The Kier molecular flexibility index (Phi) is 4.04. The summed E-state index contributed by atoms with van der Waals surface area (Å²) in [4.78, 5) is 25.0. The van der Waals surface area contributed by atoms with Crippen molar-refractivity contribution in [2.24, 2.45) is 0 Å². The zero-order valence-corrected chi connectivity index (χ0v) is 15.4. The Bertz CT molecular complexity index is 1190. The molecule has 0 atom stereocenters.